The molecule has 0 bridgehead atoms. The van der Waals surface area contributed by atoms with E-state index in [-0.39, 0.29) is 32.2 Å². The molecule has 2 unspecified atom stereocenters. The minimum absolute atomic E-state index is 0.147. The summed E-state index contributed by atoms with van der Waals surface area (Å²) in [6, 6.07) is 0. The summed E-state index contributed by atoms with van der Waals surface area (Å²) in [6.07, 6.45) is 92.6. The van der Waals surface area contributed by atoms with Crippen LogP contribution in [0.3, 0.4) is 0 Å². The van der Waals surface area contributed by atoms with Crippen molar-refractivity contribution in [3.63, 3.8) is 0 Å². The number of carbonyl (C=O) groups is 3. The average molecular weight is 1250 g/mol. The summed E-state index contributed by atoms with van der Waals surface area (Å²) in [7, 11) is 5.94. The molecule has 0 aromatic carbocycles. The Bertz CT molecular complexity index is 1740. The Morgan fingerprint density at radius 3 is 0.955 bits per heavy atom. The first-order chi connectivity index (χ1) is 43.6. The second kappa shape index (κ2) is 70.3. The topological polar surface area (TPSA) is 111 Å². The molecular weight excluding hydrogens is 1100 g/mol. The largest absolute Gasteiger partial charge is 0.545 e. The molecule has 0 aliphatic carbocycles. The van der Waals surface area contributed by atoms with Crippen molar-refractivity contribution in [1.29, 1.82) is 0 Å². The molecule has 0 aliphatic rings. The highest BCUT2D eigenvalue weighted by Gasteiger charge is 2.22. The Morgan fingerprint density at radius 2 is 0.640 bits per heavy atom. The molecule has 0 amide bonds. The van der Waals surface area contributed by atoms with Gasteiger partial charge in [-0.25, -0.2) is 0 Å². The zero-order valence-corrected chi connectivity index (χ0v) is 59.0. The minimum atomic E-state index is -1.62. The van der Waals surface area contributed by atoms with Gasteiger partial charge >= 0.3 is 11.9 Å². The van der Waals surface area contributed by atoms with Crippen LogP contribution in [-0.4, -0.2) is 82.3 Å². The first-order valence-corrected chi connectivity index (χ1v) is 37.7. The molecule has 0 aromatic rings. The van der Waals surface area contributed by atoms with E-state index in [4.69, 9.17) is 18.9 Å². The number of hydrogen-bond acceptors (Lipinski definition) is 8. The molecule has 0 aromatic heterocycles. The quantitative estimate of drug-likeness (QED) is 0.0195. The van der Waals surface area contributed by atoms with Crippen molar-refractivity contribution < 1.29 is 42.9 Å². The SMILES string of the molecule is CC/C=C\C/C=C\C/C=C\C/C=C\C/C=C\C/C=C\C/C=C\CCCCCCCCCCCCCCCC(=O)OC(COC(=O)CCCCCCCCCCCCCCCCCCCCCCCCCCCCCCC)COC(OCC[N+](C)(C)C)C(=O)[O-]. The van der Waals surface area contributed by atoms with Crippen molar-refractivity contribution in [3.8, 4) is 0 Å². The van der Waals surface area contributed by atoms with Crippen LogP contribution in [0.4, 0.5) is 0 Å². The van der Waals surface area contributed by atoms with Crippen molar-refractivity contribution in [2.24, 2.45) is 0 Å². The summed E-state index contributed by atoms with van der Waals surface area (Å²) in [4.78, 5) is 37.6. The van der Waals surface area contributed by atoms with Crippen LogP contribution >= 0.6 is 0 Å². The summed E-state index contributed by atoms with van der Waals surface area (Å²) in [5, 5.41) is 11.8. The highest BCUT2D eigenvalue weighted by molar-refractivity contribution is 5.70. The average Bonchev–Trinajstić information content (AvgIpc) is 3.64. The lowest BCUT2D eigenvalue weighted by atomic mass is 10.0. The molecule has 0 N–H and O–H groups in total. The van der Waals surface area contributed by atoms with Gasteiger partial charge in [-0.15, -0.1) is 0 Å². The summed E-state index contributed by atoms with van der Waals surface area (Å²) in [5.41, 5.74) is 0. The number of esters is 2. The normalized spacial score (nSPS) is 13.1. The first-order valence-electron chi connectivity index (χ1n) is 37.7. The molecule has 0 aliphatic heterocycles. The van der Waals surface area contributed by atoms with Crippen LogP contribution < -0.4 is 5.11 Å². The van der Waals surface area contributed by atoms with Crippen LogP contribution in [0.2, 0.25) is 0 Å². The third-order valence-corrected chi connectivity index (χ3v) is 16.7. The lowest BCUT2D eigenvalue weighted by Crippen LogP contribution is -2.44. The predicted octanol–water partition coefficient (Wildman–Crippen LogP) is 22.5. The maximum absolute atomic E-state index is 13.0. The van der Waals surface area contributed by atoms with E-state index in [1.807, 2.05) is 21.1 Å². The van der Waals surface area contributed by atoms with Crippen LogP contribution in [0, 0.1) is 0 Å². The number of likely N-dealkylation sites (N-methyl/N-ethyl adjacent to an activating group) is 1. The molecule has 89 heavy (non-hydrogen) atoms. The molecule has 0 saturated carbocycles. The summed E-state index contributed by atoms with van der Waals surface area (Å²) >= 11 is 0. The molecule has 9 heteroatoms. The second-order valence-corrected chi connectivity index (χ2v) is 26.6. The van der Waals surface area contributed by atoms with E-state index < -0.39 is 24.3 Å². The lowest BCUT2D eigenvalue weighted by molar-refractivity contribution is -0.870. The fraction of sp³-hybridized carbons (Fsp3) is 0.787. The lowest BCUT2D eigenvalue weighted by Gasteiger charge is -2.26. The van der Waals surface area contributed by atoms with E-state index in [0.717, 1.165) is 83.5 Å². The van der Waals surface area contributed by atoms with Crippen LogP contribution in [0.25, 0.3) is 0 Å². The summed E-state index contributed by atoms with van der Waals surface area (Å²) in [6.45, 7) is 4.69. The molecule has 0 radical (unpaired) electrons. The minimum Gasteiger partial charge on any atom is -0.545 e. The van der Waals surface area contributed by atoms with E-state index in [1.54, 1.807) is 0 Å². The van der Waals surface area contributed by atoms with Gasteiger partial charge in [-0.05, 0) is 70.6 Å². The van der Waals surface area contributed by atoms with Gasteiger partial charge in [0.25, 0.3) is 0 Å². The number of quaternary nitrogens is 1. The van der Waals surface area contributed by atoms with Gasteiger partial charge in [-0.1, -0.05) is 349 Å². The smallest absolute Gasteiger partial charge is 0.306 e. The zero-order chi connectivity index (χ0) is 64.7. The van der Waals surface area contributed by atoms with Crippen molar-refractivity contribution in [1.82, 2.24) is 0 Å². The molecule has 0 spiro atoms. The van der Waals surface area contributed by atoms with Crippen molar-refractivity contribution in [3.05, 3.63) is 85.1 Å². The van der Waals surface area contributed by atoms with E-state index in [0.29, 0.717) is 23.9 Å². The van der Waals surface area contributed by atoms with Gasteiger partial charge in [0.15, 0.2) is 12.4 Å². The molecule has 0 fully saturated rings. The number of aliphatic carboxylic acids is 1. The standard InChI is InChI=1S/C80H143NO8/c1-6-8-10-12-14-16-18-20-22-24-26-28-30-32-34-36-37-38-39-40-41-43-45-47-49-51-53-55-57-59-61-63-65-67-69-71-78(83)89-76(75-88-80(79(84)85)86-73-72-81(3,4)5)74-87-77(82)70-68-66-64-62-60-58-56-54-52-50-48-46-44-42-35-33-31-29-27-25-23-21-19-17-15-13-11-9-7-2/h8,10,14,16,20,22,26,28,32,34,37-38,40-41,76,80H,6-7,9,11-13,15,17-19,21,23-25,27,29-31,33,35-36,39,42-75H2,1-5H3/b10-8-,16-14-,22-20-,28-26-,34-32-,38-37-,41-40-. The van der Waals surface area contributed by atoms with E-state index >= 15 is 0 Å². The van der Waals surface area contributed by atoms with E-state index in [2.05, 4.69) is 98.9 Å². The second-order valence-electron chi connectivity index (χ2n) is 26.6. The number of carbonyl (C=O) groups excluding carboxylic acids is 3. The Hall–Kier alpha value is -3.53. The van der Waals surface area contributed by atoms with Crippen LogP contribution in [0.1, 0.15) is 348 Å². The molecular formula is C80H143NO8. The Kier molecular flexibility index (Phi) is 67.6. The van der Waals surface area contributed by atoms with Gasteiger partial charge in [0, 0.05) is 12.8 Å². The maximum atomic E-state index is 13.0. The summed E-state index contributed by atoms with van der Waals surface area (Å²) in [5.74, 6) is -2.27. The fourth-order valence-electron chi connectivity index (χ4n) is 10.9. The third-order valence-electron chi connectivity index (χ3n) is 16.7. The Labute approximate surface area is 550 Å². The first kappa shape index (κ1) is 85.5. The number of hydrogen-bond donors (Lipinski definition) is 0. The molecule has 2 atom stereocenters. The number of carboxylic acids is 1. The van der Waals surface area contributed by atoms with Crippen molar-refractivity contribution in [2.45, 2.75) is 360 Å². The van der Waals surface area contributed by atoms with Crippen molar-refractivity contribution >= 4 is 17.9 Å². The zero-order valence-electron chi connectivity index (χ0n) is 59.0. The van der Waals surface area contributed by atoms with Crippen LogP contribution in [-0.2, 0) is 33.3 Å². The summed E-state index contributed by atoms with van der Waals surface area (Å²) < 4.78 is 22.8. The Morgan fingerprint density at radius 1 is 0.348 bits per heavy atom. The van der Waals surface area contributed by atoms with Gasteiger partial charge in [-0.2, -0.15) is 0 Å². The highest BCUT2D eigenvalue weighted by Crippen LogP contribution is 2.19. The van der Waals surface area contributed by atoms with Gasteiger partial charge in [-0.3, -0.25) is 9.59 Å². The van der Waals surface area contributed by atoms with Crippen LogP contribution in [0.5, 0.6) is 0 Å². The fourth-order valence-corrected chi connectivity index (χ4v) is 10.9. The third kappa shape index (κ3) is 71.8. The van der Waals surface area contributed by atoms with Gasteiger partial charge in [0.1, 0.15) is 13.2 Å². The number of allylic oxidation sites excluding steroid dienone is 14. The van der Waals surface area contributed by atoms with Gasteiger partial charge in [0.2, 0.25) is 0 Å². The number of carboxylic acid groups (broad SMARTS) is 1. The van der Waals surface area contributed by atoms with Gasteiger partial charge < -0.3 is 33.3 Å². The predicted molar refractivity (Wildman–Crippen MR) is 380 cm³/mol. The molecule has 9 nitrogen and oxygen atoms in total. The van der Waals surface area contributed by atoms with Crippen molar-refractivity contribution in [2.75, 3.05) is 47.5 Å². The Balaban J connectivity index is 4.06. The number of unbranched alkanes of at least 4 members (excludes halogenated alkanes) is 41. The molecule has 0 rings (SSSR count). The highest BCUT2D eigenvalue weighted by atomic mass is 16.7. The number of rotatable bonds is 70. The van der Waals surface area contributed by atoms with Crippen LogP contribution in [0.15, 0.2) is 85.1 Å². The number of nitrogens with zero attached hydrogens (tertiary/aromatic N) is 1. The molecule has 516 valence electrons. The van der Waals surface area contributed by atoms with E-state index in [1.165, 1.54) is 231 Å². The molecule has 0 saturated heterocycles. The molecule has 0 heterocycles. The van der Waals surface area contributed by atoms with E-state index in [9.17, 15) is 19.5 Å². The maximum Gasteiger partial charge on any atom is 0.306 e. The number of ether oxygens (including phenoxy) is 4. The van der Waals surface area contributed by atoms with Gasteiger partial charge in [0.05, 0.1) is 40.3 Å². The monoisotopic (exact) mass is 1250 g/mol.